The average Bonchev–Trinajstić information content (AvgIpc) is 3.33. The van der Waals surface area contributed by atoms with E-state index in [-0.39, 0.29) is 16.7 Å². The van der Waals surface area contributed by atoms with Gasteiger partial charge in [0.25, 0.3) is 10.0 Å². The van der Waals surface area contributed by atoms with E-state index >= 15 is 0 Å². The number of pyridine rings is 1. The third kappa shape index (κ3) is 4.10. The van der Waals surface area contributed by atoms with E-state index in [9.17, 15) is 13.2 Å². The molecular formula is C22H20ClN5O3S2. The molecule has 0 unspecified atom stereocenters. The molecule has 2 aromatic heterocycles. The van der Waals surface area contributed by atoms with Crippen molar-refractivity contribution in [1.82, 2.24) is 14.6 Å². The molecule has 0 bridgehead atoms. The molecule has 8 nitrogen and oxygen atoms in total. The Morgan fingerprint density at radius 3 is 2.79 bits per heavy atom. The number of likely N-dealkylation sites (tertiary alicyclic amines) is 1. The van der Waals surface area contributed by atoms with E-state index in [0.29, 0.717) is 29.5 Å². The minimum atomic E-state index is -3.86. The lowest BCUT2D eigenvalue weighted by atomic mass is 10.1. The van der Waals surface area contributed by atoms with Gasteiger partial charge >= 0.3 is 0 Å². The topological polar surface area (TPSA) is 131 Å². The summed E-state index contributed by atoms with van der Waals surface area (Å²) in [5.74, 6) is 0.0955. The summed E-state index contributed by atoms with van der Waals surface area (Å²) in [6.07, 6.45) is 1.98. The minimum Gasteiger partial charge on any atom is -0.398 e. The number of halogens is 1. The highest BCUT2D eigenvalue weighted by Crippen LogP contribution is 2.32. The molecule has 0 saturated carbocycles. The van der Waals surface area contributed by atoms with Crippen molar-refractivity contribution < 1.29 is 13.2 Å². The summed E-state index contributed by atoms with van der Waals surface area (Å²) in [7, 11) is -3.86. The second-order valence-corrected chi connectivity index (χ2v) is 11.4. The van der Waals surface area contributed by atoms with E-state index in [0.717, 1.165) is 37.8 Å². The second-order valence-electron chi connectivity index (χ2n) is 7.94. The van der Waals surface area contributed by atoms with Gasteiger partial charge in [-0.05, 0) is 59.2 Å². The summed E-state index contributed by atoms with van der Waals surface area (Å²) in [4.78, 5) is 18.7. The quantitative estimate of drug-likeness (QED) is 0.359. The molecule has 5 N–H and O–H groups in total. The molecule has 5 rings (SSSR count). The number of amides is 1. The summed E-state index contributed by atoms with van der Waals surface area (Å²) < 4.78 is 29.4. The Labute approximate surface area is 199 Å². The van der Waals surface area contributed by atoms with Gasteiger partial charge in [-0.25, -0.2) is 13.4 Å². The zero-order valence-corrected chi connectivity index (χ0v) is 19.7. The molecule has 0 spiro atoms. The molecule has 3 heterocycles. The van der Waals surface area contributed by atoms with E-state index in [1.807, 2.05) is 12.1 Å². The first-order valence-corrected chi connectivity index (χ1v) is 12.8. The lowest BCUT2D eigenvalue weighted by Crippen LogP contribution is -2.41. The summed E-state index contributed by atoms with van der Waals surface area (Å²) in [5.41, 5.74) is 13.5. The van der Waals surface area contributed by atoms with E-state index < -0.39 is 16.1 Å². The number of hydrogen-bond donors (Lipinski definition) is 3. The predicted molar refractivity (Wildman–Crippen MR) is 132 cm³/mol. The number of thiophene rings is 1. The van der Waals surface area contributed by atoms with Crippen molar-refractivity contribution in [3.8, 4) is 0 Å². The Hall–Kier alpha value is -2.92. The van der Waals surface area contributed by atoms with Crippen LogP contribution in [0.3, 0.4) is 0 Å². The standard InChI is InChI=1S/C22H20ClN5O3S2/c23-15-2-1-13-9-20(32-19(13)10-15)33(30,31)27-18-4-6-28(22(18)29)11-14-7-16-12(8-17(14)24)3-5-26-21(16)25/h1-3,5,7-10,18,27H,4,6,11,24H2,(H2,25,26)/t18-/m0/s1. The summed E-state index contributed by atoms with van der Waals surface area (Å²) in [6, 6.07) is 11.4. The predicted octanol–water partition coefficient (Wildman–Crippen LogP) is 3.35. The summed E-state index contributed by atoms with van der Waals surface area (Å²) in [5, 5.41) is 2.94. The number of sulfonamides is 1. The van der Waals surface area contributed by atoms with Crippen LogP contribution >= 0.6 is 22.9 Å². The zero-order valence-electron chi connectivity index (χ0n) is 17.3. The minimum absolute atomic E-state index is 0.146. The maximum atomic E-state index is 13.0. The maximum Gasteiger partial charge on any atom is 0.250 e. The van der Waals surface area contributed by atoms with Gasteiger partial charge in [0.15, 0.2) is 0 Å². The van der Waals surface area contributed by atoms with Gasteiger partial charge in [0.05, 0.1) is 0 Å². The van der Waals surface area contributed by atoms with Crippen LogP contribution in [0, 0.1) is 0 Å². The van der Waals surface area contributed by atoms with Crippen molar-refractivity contribution in [2.75, 3.05) is 18.0 Å². The third-order valence-electron chi connectivity index (χ3n) is 5.74. The van der Waals surface area contributed by atoms with Gasteiger partial charge in [-0.15, -0.1) is 11.3 Å². The normalized spacial score (nSPS) is 16.8. The van der Waals surface area contributed by atoms with E-state index in [1.165, 1.54) is 0 Å². The SMILES string of the molecule is Nc1cc2ccnc(N)c2cc1CN1CC[C@H](NS(=O)(=O)c2cc3ccc(Cl)cc3s2)C1=O. The fourth-order valence-electron chi connectivity index (χ4n) is 4.01. The van der Waals surface area contributed by atoms with Crippen LogP contribution in [-0.2, 0) is 21.4 Å². The number of carbonyl (C=O) groups excluding carboxylic acids is 1. The lowest BCUT2D eigenvalue weighted by Gasteiger charge is -2.19. The van der Waals surface area contributed by atoms with Crippen LogP contribution in [0.4, 0.5) is 11.5 Å². The molecule has 33 heavy (non-hydrogen) atoms. The molecule has 4 aromatic rings. The van der Waals surface area contributed by atoms with Gasteiger partial charge < -0.3 is 16.4 Å². The monoisotopic (exact) mass is 501 g/mol. The van der Waals surface area contributed by atoms with Crippen LogP contribution in [-0.4, -0.2) is 36.8 Å². The van der Waals surface area contributed by atoms with E-state index in [2.05, 4.69) is 9.71 Å². The number of hydrogen-bond acceptors (Lipinski definition) is 7. The van der Waals surface area contributed by atoms with Crippen molar-refractivity contribution in [1.29, 1.82) is 0 Å². The molecule has 0 radical (unpaired) electrons. The number of carbonyl (C=O) groups is 1. The Kier molecular flexibility index (Phi) is 5.40. The number of nitrogens with one attached hydrogen (secondary N) is 1. The fourth-order valence-corrected chi connectivity index (χ4v) is 6.93. The zero-order chi connectivity index (χ0) is 23.3. The van der Waals surface area contributed by atoms with Gasteiger partial charge in [-0.3, -0.25) is 4.79 Å². The Bertz CT molecular complexity index is 1520. The van der Waals surface area contributed by atoms with Gasteiger partial charge in [-0.1, -0.05) is 17.7 Å². The average molecular weight is 502 g/mol. The first kappa shape index (κ1) is 21.9. The van der Waals surface area contributed by atoms with Crippen molar-refractivity contribution >= 4 is 71.2 Å². The first-order valence-electron chi connectivity index (χ1n) is 10.1. The largest absolute Gasteiger partial charge is 0.398 e. The number of anilines is 2. The molecule has 170 valence electrons. The smallest absolute Gasteiger partial charge is 0.250 e. The van der Waals surface area contributed by atoms with Crippen LogP contribution in [0.2, 0.25) is 5.02 Å². The Balaban J connectivity index is 1.34. The number of rotatable bonds is 5. The fraction of sp³-hybridized carbons (Fsp3) is 0.182. The molecule has 1 saturated heterocycles. The van der Waals surface area contributed by atoms with Gasteiger partial charge in [-0.2, -0.15) is 4.72 Å². The van der Waals surface area contributed by atoms with Crippen LogP contribution in [0.5, 0.6) is 0 Å². The molecule has 1 aliphatic rings. The van der Waals surface area contributed by atoms with Crippen LogP contribution < -0.4 is 16.2 Å². The number of nitrogens with two attached hydrogens (primary N) is 2. The molecule has 1 fully saturated rings. The number of benzene rings is 2. The number of nitrogen functional groups attached to an aromatic ring is 2. The highest BCUT2D eigenvalue weighted by Gasteiger charge is 2.35. The van der Waals surface area contributed by atoms with Gasteiger partial charge in [0.2, 0.25) is 5.91 Å². The van der Waals surface area contributed by atoms with Gasteiger partial charge in [0, 0.05) is 40.1 Å². The van der Waals surface area contributed by atoms with Crippen molar-refractivity contribution in [3.05, 3.63) is 59.2 Å². The summed E-state index contributed by atoms with van der Waals surface area (Å²) >= 11 is 7.12. The number of fused-ring (bicyclic) bond motifs is 2. The molecule has 1 atom stereocenters. The molecule has 1 aliphatic heterocycles. The maximum absolute atomic E-state index is 13.0. The highest BCUT2D eigenvalue weighted by molar-refractivity contribution is 7.91. The molecule has 1 amide bonds. The van der Waals surface area contributed by atoms with E-state index in [1.54, 1.807) is 41.4 Å². The van der Waals surface area contributed by atoms with Crippen LogP contribution in [0.15, 0.2) is 52.9 Å². The third-order valence-corrected chi connectivity index (χ3v) is 9.01. The molecular weight excluding hydrogens is 482 g/mol. The first-order chi connectivity index (χ1) is 15.7. The molecule has 0 aliphatic carbocycles. The Morgan fingerprint density at radius 1 is 1.15 bits per heavy atom. The van der Waals surface area contributed by atoms with Crippen molar-refractivity contribution in [2.45, 2.75) is 23.2 Å². The molecule has 11 heteroatoms. The summed E-state index contributed by atoms with van der Waals surface area (Å²) in [6.45, 7) is 0.669. The Morgan fingerprint density at radius 2 is 1.97 bits per heavy atom. The molecule has 2 aromatic carbocycles. The second kappa shape index (κ2) is 8.14. The van der Waals surface area contributed by atoms with Crippen molar-refractivity contribution in [2.24, 2.45) is 0 Å². The van der Waals surface area contributed by atoms with Crippen LogP contribution in [0.25, 0.3) is 20.9 Å². The highest BCUT2D eigenvalue weighted by atomic mass is 35.5. The number of aromatic nitrogens is 1. The van der Waals surface area contributed by atoms with E-state index in [4.69, 9.17) is 23.1 Å². The lowest BCUT2D eigenvalue weighted by molar-refractivity contribution is -0.129. The van der Waals surface area contributed by atoms with Gasteiger partial charge in [0.1, 0.15) is 16.1 Å². The van der Waals surface area contributed by atoms with Crippen molar-refractivity contribution in [3.63, 3.8) is 0 Å². The number of nitrogens with zero attached hydrogens (tertiary/aromatic N) is 2. The van der Waals surface area contributed by atoms with Crippen LogP contribution in [0.1, 0.15) is 12.0 Å².